The second-order valence-electron chi connectivity index (χ2n) is 2.09. The van der Waals surface area contributed by atoms with Crippen LogP contribution in [-0.4, -0.2) is 17.4 Å². The Labute approximate surface area is 49.5 Å². The molecule has 0 bridgehead atoms. The number of aliphatic hydroxyl groups is 1. The predicted molar refractivity (Wildman–Crippen MR) is 31.5 cm³/mol. The molecule has 0 aromatic carbocycles. The minimum atomic E-state index is -0.824. The lowest BCUT2D eigenvalue weighted by Crippen LogP contribution is -2.08. The lowest BCUT2D eigenvalue weighted by Gasteiger charge is -2.05. The molecule has 0 unspecified atom stereocenters. The molecule has 1 N–H and O–H groups in total. The van der Waals surface area contributed by atoms with Gasteiger partial charge in [-0.1, -0.05) is 6.92 Å². The van der Waals surface area contributed by atoms with Crippen LogP contribution in [0.1, 0.15) is 26.7 Å². The van der Waals surface area contributed by atoms with Crippen molar-refractivity contribution in [2.24, 2.45) is 0 Å². The van der Waals surface area contributed by atoms with E-state index in [9.17, 15) is 4.39 Å². The van der Waals surface area contributed by atoms with Gasteiger partial charge in [-0.3, -0.25) is 0 Å². The Morgan fingerprint density at radius 1 is 1.62 bits per heavy atom. The highest BCUT2D eigenvalue weighted by atomic mass is 19.1. The smallest absolute Gasteiger partial charge is 0.102 e. The molecule has 0 aromatic heterocycles. The van der Waals surface area contributed by atoms with Crippen LogP contribution < -0.4 is 0 Å². The van der Waals surface area contributed by atoms with Gasteiger partial charge in [-0.25, -0.2) is 4.39 Å². The van der Waals surface area contributed by atoms with E-state index in [4.69, 9.17) is 5.11 Å². The molecule has 2 heteroatoms. The Morgan fingerprint density at radius 2 is 2.12 bits per heavy atom. The zero-order chi connectivity index (χ0) is 6.57. The van der Waals surface area contributed by atoms with Crippen molar-refractivity contribution in [1.82, 2.24) is 0 Å². The molecule has 0 aliphatic rings. The molecule has 0 heterocycles. The van der Waals surface area contributed by atoms with Gasteiger partial charge in [0.1, 0.15) is 6.17 Å². The third-order valence-electron chi connectivity index (χ3n) is 1.04. The summed E-state index contributed by atoms with van der Waals surface area (Å²) in [6.45, 7) is 3.37. The Balaban J connectivity index is 3.10. The first kappa shape index (κ1) is 7.89. The van der Waals surface area contributed by atoms with Gasteiger partial charge in [-0.15, -0.1) is 0 Å². The summed E-state index contributed by atoms with van der Waals surface area (Å²) < 4.78 is 12.2. The fraction of sp³-hybridized carbons (Fsp3) is 1.00. The van der Waals surface area contributed by atoms with E-state index < -0.39 is 12.3 Å². The van der Waals surface area contributed by atoms with E-state index in [1.165, 1.54) is 0 Å². The first-order valence-corrected chi connectivity index (χ1v) is 2.99. The van der Waals surface area contributed by atoms with Crippen molar-refractivity contribution >= 4 is 0 Å². The summed E-state index contributed by atoms with van der Waals surface area (Å²) in [5.74, 6) is 0. The number of halogens is 1. The molecule has 0 aliphatic heterocycles. The quantitative estimate of drug-likeness (QED) is 0.598. The van der Waals surface area contributed by atoms with Crippen molar-refractivity contribution in [3.05, 3.63) is 0 Å². The van der Waals surface area contributed by atoms with Crippen LogP contribution in [0.2, 0.25) is 0 Å². The van der Waals surface area contributed by atoms with Crippen molar-refractivity contribution in [2.45, 2.75) is 39.0 Å². The van der Waals surface area contributed by atoms with Crippen LogP contribution in [0.3, 0.4) is 0 Å². The highest BCUT2D eigenvalue weighted by Crippen LogP contribution is 2.04. The Bertz CT molecular complexity index is 54.5. The van der Waals surface area contributed by atoms with Gasteiger partial charge in [0.25, 0.3) is 0 Å². The van der Waals surface area contributed by atoms with Crippen LogP contribution in [0, 0.1) is 0 Å². The molecule has 50 valence electrons. The first-order valence-electron chi connectivity index (χ1n) is 2.99. The largest absolute Gasteiger partial charge is 0.393 e. The molecular formula is C6H13FO. The average Bonchev–Trinajstić information content (AvgIpc) is 1.65. The van der Waals surface area contributed by atoms with E-state index in [-0.39, 0.29) is 6.42 Å². The Kier molecular flexibility index (Phi) is 3.79. The SMILES string of the molecule is CC[C@@H](F)C[C@@H](C)O. The van der Waals surface area contributed by atoms with E-state index in [1.807, 2.05) is 0 Å². The lowest BCUT2D eigenvalue weighted by molar-refractivity contribution is 0.140. The third kappa shape index (κ3) is 4.06. The number of hydrogen-bond acceptors (Lipinski definition) is 1. The summed E-state index contributed by atoms with van der Waals surface area (Å²) in [4.78, 5) is 0. The van der Waals surface area contributed by atoms with Gasteiger partial charge in [0, 0.05) is 6.42 Å². The number of hydrogen-bond donors (Lipinski definition) is 1. The van der Waals surface area contributed by atoms with Gasteiger partial charge in [-0.2, -0.15) is 0 Å². The molecule has 0 aliphatic carbocycles. The fourth-order valence-corrected chi connectivity index (χ4v) is 0.537. The molecule has 1 nitrogen and oxygen atoms in total. The maximum absolute atomic E-state index is 12.2. The summed E-state index contributed by atoms with van der Waals surface area (Å²) >= 11 is 0. The van der Waals surface area contributed by atoms with Gasteiger partial charge in [0.15, 0.2) is 0 Å². The zero-order valence-corrected chi connectivity index (χ0v) is 5.39. The standard InChI is InChI=1S/C6H13FO/c1-3-6(7)4-5(2)8/h5-6,8H,3-4H2,1-2H3/t5-,6-/m1/s1. The third-order valence-corrected chi connectivity index (χ3v) is 1.04. The maximum atomic E-state index is 12.2. The number of aliphatic hydroxyl groups excluding tert-OH is 1. The second-order valence-corrected chi connectivity index (χ2v) is 2.09. The van der Waals surface area contributed by atoms with Gasteiger partial charge >= 0.3 is 0 Å². The van der Waals surface area contributed by atoms with Gasteiger partial charge in [0.05, 0.1) is 6.10 Å². The molecular weight excluding hydrogens is 107 g/mol. The van der Waals surface area contributed by atoms with Crippen molar-refractivity contribution in [1.29, 1.82) is 0 Å². The van der Waals surface area contributed by atoms with Crippen molar-refractivity contribution in [2.75, 3.05) is 0 Å². The monoisotopic (exact) mass is 120 g/mol. The van der Waals surface area contributed by atoms with Crippen LogP contribution in [0.25, 0.3) is 0 Å². The minimum absolute atomic E-state index is 0.274. The molecule has 0 saturated carbocycles. The van der Waals surface area contributed by atoms with Gasteiger partial charge in [-0.05, 0) is 13.3 Å². The van der Waals surface area contributed by atoms with Crippen molar-refractivity contribution in [3.63, 3.8) is 0 Å². The van der Waals surface area contributed by atoms with Crippen LogP contribution >= 0.6 is 0 Å². The Morgan fingerprint density at radius 3 is 2.25 bits per heavy atom. The molecule has 0 aromatic rings. The molecule has 2 atom stereocenters. The summed E-state index contributed by atoms with van der Waals surface area (Å²) in [5.41, 5.74) is 0. The molecule has 0 rings (SSSR count). The van der Waals surface area contributed by atoms with Crippen LogP contribution in [-0.2, 0) is 0 Å². The molecule has 0 radical (unpaired) electrons. The topological polar surface area (TPSA) is 20.2 Å². The molecule has 0 amide bonds. The maximum Gasteiger partial charge on any atom is 0.102 e. The minimum Gasteiger partial charge on any atom is -0.393 e. The second kappa shape index (κ2) is 3.84. The normalized spacial score (nSPS) is 18.0. The van der Waals surface area contributed by atoms with Crippen molar-refractivity contribution < 1.29 is 9.50 Å². The lowest BCUT2D eigenvalue weighted by atomic mass is 10.1. The number of rotatable bonds is 3. The Hall–Kier alpha value is -0.110. The summed E-state index contributed by atoms with van der Waals surface area (Å²) in [6, 6.07) is 0. The van der Waals surface area contributed by atoms with Crippen molar-refractivity contribution in [3.8, 4) is 0 Å². The zero-order valence-electron chi connectivity index (χ0n) is 5.39. The highest BCUT2D eigenvalue weighted by molar-refractivity contribution is 4.56. The van der Waals surface area contributed by atoms with Gasteiger partial charge < -0.3 is 5.11 Å². The molecule has 0 fully saturated rings. The summed E-state index contributed by atoms with van der Waals surface area (Å²) in [5, 5.41) is 8.61. The van der Waals surface area contributed by atoms with E-state index in [1.54, 1.807) is 13.8 Å². The van der Waals surface area contributed by atoms with E-state index in [0.717, 1.165) is 0 Å². The molecule has 8 heavy (non-hydrogen) atoms. The molecule has 0 spiro atoms. The number of alkyl halides is 1. The summed E-state index contributed by atoms with van der Waals surface area (Å²) in [7, 11) is 0. The predicted octanol–water partition coefficient (Wildman–Crippen LogP) is 1.51. The van der Waals surface area contributed by atoms with Crippen LogP contribution in [0.15, 0.2) is 0 Å². The van der Waals surface area contributed by atoms with Crippen LogP contribution in [0.4, 0.5) is 4.39 Å². The summed E-state index contributed by atoms with van der Waals surface area (Å²) in [6.07, 6.45) is -0.540. The van der Waals surface area contributed by atoms with E-state index in [2.05, 4.69) is 0 Å². The average molecular weight is 120 g/mol. The van der Waals surface area contributed by atoms with E-state index in [0.29, 0.717) is 6.42 Å². The molecule has 0 saturated heterocycles. The van der Waals surface area contributed by atoms with E-state index >= 15 is 0 Å². The van der Waals surface area contributed by atoms with Crippen LogP contribution in [0.5, 0.6) is 0 Å². The highest BCUT2D eigenvalue weighted by Gasteiger charge is 2.05. The first-order chi connectivity index (χ1) is 3.66. The van der Waals surface area contributed by atoms with Gasteiger partial charge in [0.2, 0.25) is 0 Å². The fourth-order valence-electron chi connectivity index (χ4n) is 0.537.